The molecule has 0 aromatic heterocycles. The Hall–Kier alpha value is -0.580. The lowest BCUT2D eigenvalue weighted by Crippen LogP contribution is -1.98. The fraction of sp³-hybridized carbons (Fsp3) is 0.200. The van der Waals surface area contributed by atoms with Crippen molar-refractivity contribution < 1.29 is 9.13 Å². The van der Waals surface area contributed by atoms with Crippen molar-refractivity contribution in [2.45, 2.75) is 11.2 Å². The lowest BCUT2D eigenvalue weighted by molar-refractivity contribution is 0.354. The molecule has 0 N–H and O–H groups in total. The Labute approximate surface area is 138 Å². The number of benzene rings is 2. The van der Waals surface area contributed by atoms with Gasteiger partial charge in [-0.15, -0.1) is 0 Å². The molecule has 0 aliphatic carbocycles. The van der Waals surface area contributed by atoms with Crippen LogP contribution in [0.25, 0.3) is 0 Å². The average molecular weight is 421 g/mol. The smallest absolute Gasteiger partial charge is 0.141 e. The monoisotopic (exact) mass is 418 g/mol. The molecule has 0 saturated heterocycles. The SMILES string of the molecule is Fc1ccc(C(Br)c2cc(Br)cc3c2OCC3)cc1Cl. The Balaban J connectivity index is 2.06. The maximum absolute atomic E-state index is 13.3. The van der Waals surface area contributed by atoms with Crippen LogP contribution >= 0.6 is 43.5 Å². The van der Waals surface area contributed by atoms with Gasteiger partial charge in [0.05, 0.1) is 16.5 Å². The molecule has 5 heteroatoms. The molecular weight excluding hydrogens is 410 g/mol. The summed E-state index contributed by atoms with van der Waals surface area (Å²) in [5, 5.41) is 0.125. The molecule has 0 fully saturated rings. The first-order chi connectivity index (χ1) is 9.56. The first-order valence-electron chi connectivity index (χ1n) is 6.10. The largest absolute Gasteiger partial charge is 0.493 e. The molecule has 3 rings (SSSR count). The summed E-state index contributed by atoms with van der Waals surface area (Å²) in [6.45, 7) is 0.697. The number of ether oxygens (including phenoxy) is 1. The summed E-state index contributed by atoms with van der Waals surface area (Å²) in [4.78, 5) is -0.0926. The van der Waals surface area contributed by atoms with E-state index in [9.17, 15) is 4.39 Å². The minimum Gasteiger partial charge on any atom is -0.493 e. The van der Waals surface area contributed by atoms with E-state index in [1.165, 1.54) is 11.6 Å². The van der Waals surface area contributed by atoms with Crippen molar-refractivity contribution in [1.82, 2.24) is 0 Å². The van der Waals surface area contributed by atoms with Crippen LogP contribution in [-0.2, 0) is 6.42 Å². The standard InChI is InChI=1S/C15H10Br2ClFO/c16-10-5-9-3-4-20-15(9)11(7-10)14(17)8-1-2-13(19)12(18)6-8/h1-2,5-7,14H,3-4H2. The number of hydrogen-bond acceptors (Lipinski definition) is 1. The number of hydrogen-bond donors (Lipinski definition) is 0. The minimum absolute atomic E-state index is 0.0926. The van der Waals surface area contributed by atoms with Crippen molar-refractivity contribution >= 4 is 43.5 Å². The van der Waals surface area contributed by atoms with Crippen LogP contribution in [0.2, 0.25) is 5.02 Å². The van der Waals surface area contributed by atoms with Gasteiger partial charge < -0.3 is 4.74 Å². The molecule has 1 atom stereocenters. The summed E-state index contributed by atoms with van der Waals surface area (Å²) in [5.41, 5.74) is 3.11. The fourth-order valence-corrected chi connectivity index (χ4v) is 3.67. The number of alkyl halides is 1. The molecule has 20 heavy (non-hydrogen) atoms. The van der Waals surface area contributed by atoms with Gasteiger partial charge in [0.25, 0.3) is 0 Å². The zero-order valence-corrected chi connectivity index (χ0v) is 14.2. The van der Waals surface area contributed by atoms with E-state index >= 15 is 0 Å². The van der Waals surface area contributed by atoms with Gasteiger partial charge >= 0.3 is 0 Å². The Kier molecular flexibility index (Phi) is 4.07. The lowest BCUT2D eigenvalue weighted by Gasteiger charge is -2.15. The van der Waals surface area contributed by atoms with Crippen molar-refractivity contribution in [1.29, 1.82) is 0 Å². The van der Waals surface area contributed by atoms with Crippen LogP contribution in [0.1, 0.15) is 21.5 Å². The Morgan fingerprint density at radius 1 is 1.25 bits per heavy atom. The van der Waals surface area contributed by atoms with Gasteiger partial charge in [-0.05, 0) is 35.4 Å². The van der Waals surface area contributed by atoms with Crippen molar-refractivity contribution in [2.24, 2.45) is 0 Å². The maximum atomic E-state index is 13.3. The summed E-state index contributed by atoms with van der Waals surface area (Å²) < 4.78 is 20.0. The van der Waals surface area contributed by atoms with Crippen molar-refractivity contribution in [3.63, 3.8) is 0 Å². The van der Waals surface area contributed by atoms with Crippen LogP contribution in [0.4, 0.5) is 4.39 Å². The zero-order valence-electron chi connectivity index (χ0n) is 10.3. The van der Waals surface area contributed by atoms with E-state index in [2.05, 4.69) is 37.9 Å². The van der Waals surface area contributed by atoms with E-state index in [1.54, 1.807) is 12.1 Å². The minimum atomic E-state index is -0.411. The summed E-state index contributed by atoms with van der Waals surface area (Å²) in [5.74, 6) is 0.501. The van der Waals surface area contributed by atoms with Crippen molar-refractivity contribution in [3.8, 4) is 5.75 Å². The highest BCUT2D eigenvalue weighted by Crippen LogP contribution is 2.43. The highest BCUT2D eigenvalue weighted by atomic mass is 79.9. The molecule has 104 valence electrons. The fourth-order valence-electron chi connectivity index (χ4n) is 2.34. The highest BCUT2D eigenvalue weighted by molar-refractivity contribution is 9.10. The number of rotatable bonds is 2. The number of fused-ring (bicyclic) bond motifs is 1. The van der Waals surface area contributed by atoms with Gasteiger partial charge in [-0.2, -0.15) is 0 Å². The molecule has 0 spiro atoms. The summed E-state index contributed by atoms with van der Waals surface area (Å²) >= 11 is 13.0. The van der Waals surface area contributed by atoms with E-state index in [0.717, 1.165) is 27.8 Å². The van der Waals surface area contributed by atoms with Crippen LogP contribution in [0.15, 0.2) is 34.8 Å². The van der Waals surface area contributed by atoms with E-state index < -0.39 is 5.82 Å². The lowest BCUT2D eigenvalue weighted by atomic mass is 10.0. The van der Waals surface area contributed by atoms with E-state index in [4.69, 9.17) is 16.3 Å². The third kappa shape index (κ3) is 2.61. The first kappa shape index (κ1) is 14.4. The Morgan fingerprint density at radius 2 is 2.05 bits per heavy atom. The van der Waals surface area contributed by atoms with Gasteiger partial charge in [-0.1, -0.05) is 49.5 Å². The van der Waals surface area contributed by atoms with Crippen LogP contribution in [0, 0.1) is 5.82 Å². The van der Waals surface area contributed by atoms with E-state index in [1.807, 2.05) is 6.07 Å². The molecule has 1 aliphatic rings. The highest BCUT2D eigenvalue weighted by Gasteiger charge is 2.23. The summed E-state index contributed by atoms with van der Waals surface area (Å²) in [6.07, 6.45) is 0.908. The van der Waals surface area contributed by atoms with E-state index in [0.29, 0.717) is 6.61 Å². The molecule has 1 aliphatic heterocycles. The second kappa shape index (κ2) is 5.66. The Bertz CT molecular complexity index is 675. The molecule has 0 radical (unpaired) electrons. The van der Waals surface area contributed by atoms with Gasteiger partial charge in [0.1, 0.15) is 11.6 Å². The molecule has 0 saturated carbocycles. The van der Waals surface area contributed by atoms with Gasteiger partial charge in [0, 0.05) is 16.5 Å². The van der Waals surface area contributed by atoms with Crippen molar-refractivity contribution in [2.75, 3.05) is 6.61 Å². The van der Waals surface area contributed by atoms with E-state index in [-0.39, 0.29) is 9.85 Å². The van der Waals surface area contributed by atoms with Crippen LogP contribution in [-0.4, -0.2) is 6.61 Å². The second-order valence-corrected chi connectivity index (χ2v) is 6.86. The first-order valence-corrected chi connectivity index (χ1v) is 8.19. The third-order valence-electron chi connectivity index (χ3n) is 3.29. The van der Waals surface area contributed by atoms with Crippen LogP contribution in [0.5, 0.6) is 5.75 Å². The molecule has 1 heterocycles. The third-order valence-corrected chi connectivity index (χ3v) is 5.06. The van der Waals surface area contributed by atoms with Gasteiger partial charge in [0.2, 0.25) is 0 Å². The topological polar surface area (TPSA) is 9.23 Å². The van der Waals surface area contributed by atoms with Gasteiger partial charge in [-0.3, -0.25) is 0 Å². The molecular formula is C15H10Br2ClFO. The number of halogens is 4. The molecule has 2 aromatic rings. The molecule has 2 aromatic carbocycles. The van der Waals surface area contributed by atoms with Gasteiger partial charge in [-0.25, -0.2) is 4.39 Å². The quantitative estimate of drug-likeness (QED) is 0.570. The van der Waals surface area contributed by atoms with Gasteiger partial charge in [0.15, 0.2) is 0 Å². The second-order valence-electron chi connectivity index (χ2n) is 4.62. The van der Waals surface area contributed by atoms with Crippen LogP contribution < -0.4 is 4.74 Å². The van der Waals surface area contributed by atoms with Crippen molar-refractivity contribution in [3.05, 3.63) is 62.3 Å². The molecule has 0 amide bonds. The Morgan fingerprint density at radius 3 is 2.80 bits per heavy atom. The average Bonchev–Trinajstić information content (AvgIpc) is 2.88. The zero-order chi connectivity index (χ0) is 14.3. The maximum Gasteiger partial charge on any atom is 0.141 e. The normalized spacial score (nSPS) is 14.8. The molecule has 1 nitrogen and oxygen atoms in total. The predicted molar refractivity (Wildman–Crippen MR) is 85.5 cm³/mol. The summed E-state index contributed by atoms with van der Waals surface area (Å²) in [7, 11) is 0. The summed E-state index contributed by atoms with van der Waals surface area (Å²) in [6, 6.07) is 8.83. The molecule has 1 unspecified atom stereocenters. The molecule has 0 bridgehead atoms. The predicted octanol–water partition coefficient (Wildman–Crippen LogP) is 5.66. The van der Waals surface area contributed by atoms with Crippen LogP contribution in [0.3, 0.4) is 0 Å².